The molecule has 21 heavy (non-hydrogen) atoms. The monoisotopic (exact) mass is 278 g/mol. The van der Waals surface area contributed by atoms with E-state index in [0.29, 0.717) is 5.56 Å². The number of anilines is 2. The summed E-state index contributed by atoms with van der Waals surface area (Å²) in [6.45, 7) is 0. The molecular formula is C17H14N2O2. The van der Waals surface area contributed by atoms with Gasteiger partial charge >= 0.3 is 5.97 Å². The minimum atomic E-state index is -0.973. The number of hydrogen-bond donors (Lipinski definition) is 1. The first-order valence-electron chi connectivity index (χ1n) is 6.36. The van der Waals surface area contributed by atoms with Crippen LogP contribution in [0, 0.1) is 11.3 Å². The molecule has 0 radical (unpaired) electrons. The van der Waals surface area contributed by atoms with Crippen molar-refractivity contribution in [3.63, 3.8) is 0 Å². The van der Waals surface area contributed by atoms with Crippen LogP contribution in [0.25, 0.3) is 6.08 Å². The molecule has 0 unspecified atom stereocenters. The van der Waals surface area contributed by atoms with Crippen molar-refractivity contribution in [2.24, 2.45) is 0 Å². The van der Waals surface area contributed by atoms with Crippen LogP contribution in [0.1, 0.15) is 11.1 Å². The summed E-state index contributed by atoms with van der Waals surface area (Å²) in [5.74, 6) is -0.973. The molecule has 4 nitrogen and oxygen atoms in total. The highest BCUT2D eigenvalue weighted by atomic mass is 16.4. The molecule has 0 atom stereocenters. The summed E-state index contributed by atoms with van der Waals surface area (Å²) >= 11 is 0. The maximum atomic E-state index is 10.5. The van der Waals surface area contributed by atoms with E-state index in [1.807, 2.05) is 54.4 Å². The SMILES string of the molecule is CN(c1ccc(/C=C/C(=O)O)cc1)c1ccccc1C#N. The Morgan fingerprint density at radius 3 is 2.48 bits per heavy atom. The average Bonchev–Trinajstić information content (AvgIpc) is 2.52. The minimum absolute atomic E-state index is 0.606. The van der Waals surface area contributed by atoms with Gasteiger partial charge in [-0.05, 0) is 35.9 Å². The largest absolute Gasteiger partial charge is 0.478 e. The van der Waals surface area contributed by atoms with Gasteiger partial charge in [0.2, 0.25) is 0 Å². The van der Waals surface area contributed by atoms with E-state index < -0.39 is 5.97 Å². The summed E-state index contributed by atoms with van der Waals surface area (Å²) < 4.78 is 0. The average molecular weight is 278 g/mol. The summed E-state index contributed by atoms with van der Waals surface area (Å²) in [7, 11) is 1.89. The maximum Gasteiger partial charge on any atom is 0.328 e. The minimum Gasteiger partial charge on any atom is -0.478 e. The number of aliphatic carboxylic acids is 1. The Kier molecular flexibility index (Phi) is 4.37. The van der Waals surface area contributed by atoms with Gasteiger partial charge in [-0.1, -0.05) is 24.3 Å². The Bertz CT molecular complexity index is 712. The smallest absolute Gasteiger partial charge is 0.328 e. The zero-order valence-corrected chi connectivity index (χ0v) is 11.5. The summed E-state index contributed by atoms with van der Waals surface area (Å²) in [6, 6.07) is 17.0. The predicted octanol–water partition coefficient (Wildman–Crippen LogP) is 3.42. The van der Waals surface area contributed by atoms with Gasteiger partial charge < -0.3 is 10.0 Å². The first kappa shape index (κ1) is 14.4. The normalized spacial score (nSPS) is 10.3. The zero-order chi connectivity index (χ0) is 15.2. The van der Waals surface area contributed by atoms with Crippen LogP contribution in [0.5, 0.6) is 0 Å². The van der Waals surface area contributed by atoms with Crippen LogP contribution in [0.3, 0.4) is 0 Å². The Morgan fingerprint density at radius 2 is 1.86 bits per heavy atom. The number of nitriles is 1. The van der Waals surface area contributed by atoms with Crippen LogP contribution in [0.15, 0.2) is 54.6 Å². The summed E-state index contributed by atoms with van der Waals surface area (Å²) in [4.78, 5) is 12.4. The molecule has 0 amide bonds. The van der Waals surface area contributed by atoms with E-state index in [9.17, 15) is 4.79 Å². The van der Waals surface area contributed by atoms with Gasteiger partial charge in [-0.2, -0.15) is 5.26 Å². The molecule has 0 fully saturated rings. The number of carboxylic acid groups (broad SMARTS) is 1. The van der Waals surface area contributed by atoms with Crippen LogP contribution in [-0.4, -0.2) is 18.1 Å². The number of nitrogens with zero attached hydrogens (tertiary/aromatic N) is 2. The summed E-state index contributed by atoms with van der Waals surface area (Å²) in [5, 5.41) is 17.7. The molecule has 104 valence electrons. The fourth-order valence-electron chi connectivity index (χ4n) is 1.98. The molecule has 0 aliphatic rings. The molecule has 2 rings (SSSR count). The van der Waals surface area contributed by atoms with E-state index in [0.717, 1.165) is 23.0 Å². The summed E-state index contributed by atoms with van der Waals surface area (Å²) in [5.41, 5.74) is 3.16. The topological polar surface area (TPSA) is 64.3 Å². The second kappa shape index (κ2) is 6.40. The van der Waals surface area contributed by atoms with Crippen LogP contribution >= 0.6 is 0 Å². The van der Waals surface area contributed by atoms with Crippen molar-refractivity contribution in [1.82, 2.24) is 0 Å². The van der Waals surface area contributed by atoms with E-state index in [1.165, 1.54) is 6.08 Å². The molecule has 0 aliphatic heterocycles. The van der Waals surface area contributed by atoms with Crippen molar-refractivity contribution in [3.8, 4) is 6.07 Å². The van der Waals surface area contributed by atoms with Crippen molar-refractivity contribution in [3.05, 3.63) is 65.7 Å². The molecular weight excluding hydrogens is 264 g/mol. The highest BCUT2D eigenvalue weighted by molar-refractivity contribution is 5.85. The van der Waals surface area contributed by atoms with E-state index in [4.69, 9.17) is 10.4 Å². The van der Waals surface area contributed by atoms with Gasteiger partial charge in [-0.25, -0.2) is 4.79 Å². The second-order valence-electron chi connectivity index (χ2n) is 4.45. The van der Waals surface area contributed by atoms with E-state index >= 15 is 0 Å². The Morgan fingerprint density at radius 1 is 1.19 bits per heavy atom. The van der Waals surface area contributed by atoms with E-state index in [2.05, 4.69) is 6.07 Å². The van der Waals surface area contributed by atoms with Gasteiger partial charge in [0, 0.05) is 18.8 Å². The van der Waals surface area contributed by atoms with Crippen LogP contribution < -0.4 is 4.90 Å². The number of benzene rings is 2. The lowest BCUT2D eigenvalue weighted by molar-refractivity contribution is -0.131. The van der Waals surface area contributed by atoms with Gasteiger partial charge in [0.05, 0.1) is 11.3 Å². The molecule has 0 heterocycles. The first-order valence-corrected chi connectivity index (χ1v) is 6.36. The zero-order valence-electron chi connectivity index (χ0n) is 11.5. The molecule has 2 aromatic rings. The van der Waals surface area contributed by atoms with Crippen LogP contribution in [0.4, 0.5) is 11.4 Å². The van der Waals surface area contributed by atoms with Crippen molar-refractivity contribution in [1.29, 1.82) is 5.26 Å². The number of hydrogen-bond acceptors (Lipinski definition) is 3. The van der Waals surface area contributed by atoms with Gasteiger partial charge in [0.25, 0.3) is 0 Å². The van der Waals surface area contributed by atoms with E-state index in [1.54, 1.807) is 6.07 Å². The Balaban J connectivity index is 2.26. The second-order valence-corrected chi connectivity index (χ2v) is 4.45. The fourth-order valence-corrected chi connectivity index (χ4v) is 1.98. The first-order chi connectivity index (χ1) is 10.1. The highest BCUT2D eigenvalue weighted by Crippen LogP contribution is 2.26. The number of rotatable bonds is 4. The third-order valence-corrected chi connectivity index (χ3v) is 3.08. The molecule has 0 bridgehead atoms. The van der Waals surface area contributed by atoms with E-state index in [-0.39, 0.29) is 0 Å². The molecule has 0 saturated heterocycles. The number of carboxylic acids is 1. The standard InChI is InChI=1S/C17H14N2O2/c1-19(16-5-3-2-4-14(16)12-18)15-9-6-13(7-10-15)8-11-17(20)21/h2-11H,1H3,(H,20,21)/b11-8+. The molecule has 2 aromatic carbocycles. The number of para-hydroxylation sites is 1. The third-order valence-electron chi connectivity index (χ3n) is 3.08. The van der Waals surface area contributed by atoms with Crippen molar-refractivity contribution >= 4 is 23.4 Å². The lowest BCUT2D eigenvalue weighted by atomic mass is 10.1. The third kappa shape index (κ3) is 3.48. The molecule has 4 heteroatoms. The van der Waals surface area contributed by atoms with Gasteiger partial charge in [0.1, 0.15) is 6.07 Å². The van der Waals surface area contributed by atoms with Crippen molar-refractivity contribution in [2.45, 2.75) is 0 Å². The molecule has 0 aliphatic carbocycles. The van der Waals surface area contributed by atoms with Crippen molar-refractivity contribution in [2.75, 3.05) is 11.9 Å². The quantitative estimate of drug-likeness (QED) is 0.870. The maximum absolute atomic E-state index is 10.5. The van der Waals surface area contributed by atoms with Gasteiger partial charge in [-0.15, -0.1) is 0 Å². The molecule has 1 N–H and O–H groups in total. The Labute approximate surface area is 123 Å². The van der Waals surface area contributed by atoms with Crippen LogP contribution in [-0.2, 0) is 4.79 Å². The Hall–Kier alpha value is -3.06. The van der Waals surface area contributed by atoms with Gasteiger partial charge in [0.15, 0.2) is 0 Å². The fraction of sp³-hybridized carbons (Fsp3) is 0.0588. The molecule has 0 saturated carbocycles. The molecule has 0 aromatic heterocycles. The van der Waals surface area contributed by atoms with Crippen molar-refractivity contribution < 1.29 is 9.90 Å². The predicted molar refractivity (Wildman–Crippen MR) is 82.3 cm³/mol. The lowest BCUT2D eigenvalue weighted by Gasteiger charge is -2.20. The summed E-state index contributed by atoms with van der Waals surface area (Å²) in [6.07, 6.45) is 2.64. The van der Waals surface area contributed by atoms with Crippen LogP contribution in [0.2, 0.25) is 0 Å². The highest BCUT2D eigenvalue weighted by Gasteiger charge is 2.08. The molecule has 0 spiro atoms. The lowest BCUT2D eigenvalue weighted by Crippen LogP contribution is -2.10. The van der Waals surface area contributed by atoms with Gasteiger partial charge in [-0.3, -0.25) is 0 Å². The number of carbonyl (C=O) groups is 1.